The molecule has 10 aromatic carbocycles. The fourth-order valence-electron chi connectivity index (χ4n) is 12.3. The Labute approximate surface area is 388 Å². The highest BCUT2D eigenvalue weighted by Gasteiger charge is 2.51. The molecule has 0 radical (unpaired) electrons. The normalized spacial score (nSPS) is 14.7. The van der Waals surface area contributed by atoms with Crippen LogP contribution in [0.1, 0.15) is 69.8 Å². The van der Waals surface area contributed by atoms with Gasteiger partial charge in [0.2, 0.25) is 0 Å². The first-order valence-electron chi connectivity index (χ1n) is 23.3. The molecule has 1 aliphatic heterocycles. The van der Waals surface area contributed by atoms with E-state index in [1.165, 1.54) is 106 Å². The van der Waals surface area contributed by atoms with E-state index in [9.17, 15) is 0 Å². The van der Waals surface area contributed by atoms with Crippen LogP contribution in [-0.4, -0.2) is 0 Å². The van der Waals surface area contributed by atoms with Crippen LogP contribution in [0.2, 0.25) is 0 Å². The number of rotatable bonds is 6. The molecule has 10 aromatic rings. The average Bonchev–Trinajstić information content (AvgIpc) is 3.80. The van der Waals surface area contributed by atoms with E-state index in [1.54, 1.807) is 0 Å². The smallest absolute Gasteiger partial charge is 0.0754 e. The lowest BCUT2D eigenvalue weighted by molar-refractivity contribution is 0.662. The highest BCUT2D eigenvalue weighted by atomic mass is 15.2. The Balaban J connectivity index is 0.957. The third-order valence-corrected chi connectivity index (χ3v) is 15.0. The minimum absolute atomic E-state index is 0.0200. The second-order valence-electron chi connectivity index (χ2n) is 18.7. The zero-order valence-corrected chi connectivity index (χ0v) is 37.1. The topological polar surface area (TPSA) is 3.24 Å². The molecule has 0 saturated heterocycles. The third-order valence-electron chi connectivity index (χ3n) is 15.0. The lowest BCUT2D eigenvalue weighted by Gasteiger charge is -2.45. The Bertz CT molecular complexity index is 3460. The summed E-state index contributed by atoms with van der Waals surface area (Å²) in [5, 5.41) is 0. The van der Waals surface area contributed by atoms with E-state index in [4.69, 9.17) is 0 Å². The largest absolute Gasteiger partial charge is 0.310 e. The molecular weight excluding hydrogens is 795 g/mol. The highest BCUT2D eigenvalue weighted by Crippen LogP contribution is 2.64. The number of hydrogen-bond donors (Lipinski definition) is 0. The van der Waals surface area contributed by atoms with Crippen molar-refractivity contribution >= 4 is 17.1 Å². The summed E-state index contributed by atoms with van der Waals surface area (Å²) >= 11 is 0. The first kappa shape index (κ1) is 38.5. The van der Waals surface area contributed by atoms with E-state index < -0.39 is 5.41 Å². The second kappa shape index (κ2) is 14.8. The van der Waals surface area contributed by atoms with Gasteiger partial charge in [0.25, 0.3) is 0 Å². The van der Waals surface area contributed by atoms with Crippen molar-refractivity contribution in [3.63, 3.8) is 0 Å². The Morgan fingerprint density at radius 3 is 1.52 bits per heavy atom. The van der Waals surface area contributed by atoms with E-state index in [-0.39, 0.29) is 11.3 Å². The molecule has 66 heavy (non-hydrogen) atoms. The molecule has 1 spiro atoms. The fraction of sp³-hybridized carbons (Fsp3) is 0.0769. The zero-order valence-electron chi connectivity index (χ0n) is 37.1. The molecule has 1 atom stereocenters. The standard InChI is InChI=1S/C65H47N/c1-64(2)55-30-13-11-25-50(55)53-29-19-28-49(63(53)64)43-36-38-45(39-37-43)62(44-20-5-3-6-21-44)52-27-10-9-24-48(52)46-40-41-57-54(42-46)51-26-12-14-31-56(51)65(57)58-32-15-17-34-60(58)66(47-22-7-4-8-23-47)61-35-18-16-33-59(61)65/h3-42,62H,1-2H3/t62-/m1/s1. The van der Waals surface area contributed by atoms with Gasteiger partial charge in [0.15, 0.2) is 0 Å². The Kier molecular flexibility index (Phi) is 8.61. The molecule has 312 valence electrons. The summed E-state index contributed by atoms with van der Waals surface area (Å²) in [5.74, 6) is 0.0200. The summed E-state index contributed by atoms with van der Waals surface area (Å²) in [7, 11) is 0. The molecule has 0 bridgehead atoms. The number of nitrogens with zero attached hydrogens (tertiary/aromatic N) is 1. The van der Waals surface area contributed by atoms with Gasteiger partial charge in [-0.05, 0) is 125 Å². The summed E-state index contributed by atoms with van der Waals surface area (Å²) in [6, 6.07) is 90.7. The number of fused-ring (bicyclic) bond motifs is 12. The van der Waals surface area contributed by atoms with Gasteiger partial charge in [-0.1, -0.05) is 226 Å². The minimum atomic E-state index is -0.492. The zero-order chi connectivity index (χ0) is 44.0. The van der Waals surface area contributed by atoms with Crippen LogP contribution in [0.4, 0.5) is 17.1 Å². The van der Waals surface area contributed by atoms with Crippen molar-refractivity contribution in [3.8, 4) is 44.5 Å². The molecule has 0 fully saturated rings. The summed E-state index contributed by atoms with van der Waals surface area (Å²) in [5.41, 5.74) is 25.2. The van der Waals surface area contributed by atoms with Crippen LogP contribution in [0.15, 0.2) is 243 Å². The summed E-state index contributed by atoms with van der Waals surface area (Å²) < 4.78 is 0. The van der Waals surface area contributed by atoms with Crippen molar-refractivity contribution in [3.05, 3.63) is 293 Å². The molecule has 1 heteroatoms. The molecular formula is C65H47N. The van der Waals surface area contributed by atoms with Crippen molar-refractivity contribution < 1.29 is 0 Å². The van der Waals surface area contributed by atoms with Crippen LogP contribution in [0.5, 0.6) is 0 Å². The molecule has 13 rings (SSSR count). The van der Waals surface area contributed by atoms with Crippen LogP contribution in [0, 0.1) is 0 Å². The maximum absolute atomic E-state index is 2.48. The average molecular weight is 842 g/mol. The van der Waals surface area contributed by atoms with Gasteiger partial charge in [0, 0.05) is 17.0 Å². The van der Waals surface area contributed by atoms with Crippen LogP contribution in [0.3, 0.4) is 0 Å². The van der Waals surface area contributed by atoms with Crippen molar-refractivity contribution in [2.75, 3.05) is 4.90 Å². The van der Waals surface area contributed by atoms with Gasteiger partial charge in [-0.2, -0.15) is 0 Å². The molecule has 2 aliphatic carbocycles. The third kappa shape index (κ3) is 5.47. The second-order valence-corrected chi connectivity index (χ2v) is 18.7. The Hall–Kier alpha value is -8.00. The SMILES string of the molecule is CC1(C)c2ccccc2-c2cccc(-c3ccc([C@@H](c4ccccc4)c4ccccc4-c4ccc5c(c4)-c4ccccc4C54c5ccccc5N(c5ccccc5)c5ccccc54)cc3)c21. The summed E-state index contributed by atoms with van der Waals surface area (Å²) in [4.78, 5) is 2.45. The first-order valence-corrected chi connectivity index (χ1v) is 23.3. The number of para-hydroxylation sites is 3. The van der Waals surface area contributed by atoms with E-state index in [2.05, 4.69) is 261 Å². The Morgan fingerprint density at radius 1 is 0.333 bits per heavy atom. The van der Waals surface area contributed by atoms with E-state index in [1.807, 2.05) is 0 Å². The van der Waals surface area contributed by atoms with E-state index in [0.717, 1.165) is 5.69 Å². The quantitative estimate of drug-likeness (QED) is 0.151. The van der Waals surface area contributed by atoms with Crippen molar-refractivity contribution in [1.82, 2.24) is 0 Å². The van der Waals surface area contributed by atoms with Gasteiger partial charge in [0.1, 0.15) is 0 Å². The van der Waals surface area contributed by atoms with Gasteiger partial charge >= 0.3 is 0 Å². The molecule has 0 saturated carbocycles. The highest BCUT2D eigenvalue weighted by molar-refractivity contribution is 5.97. The van der Waals surface area contributed by atoms with Gasteiger partial charge < -0.3 is 4.90 Å². The van der Waals surface area contributed by atoms with Gasteiger partial charge in [0.05, 0.1) is 16.8 Å². The van der Waals surface area contributed by atoms with E-state index >= 15 is 0 Å². The lowest BCUT2D eigenvalue weighted by atomic mass is 9.64. The molecule has 0 N–H and O–H groups in total. The number of benzene rings is 10. The van der Waals surface area contributed by atoms with Gasteiger partial charge in [-0.15, -0.1) is 0 Å². The van der Waals surface area contributed by atoms with Crippen molar-refractivity contribution in [2.24, 2.45) is 0 Å². The van der Waals surface area contributed by atoms with Crippen LogP contribution in [-0.2, 0) is 10.8 Å². The first-order chi connectivity index (χ1) is 32.5. The van der Waals surface area contributed by atoms with E-state index in [0.29, 0.717) is 0 Å². The molecule has 1 heterocycles. The lowest BCUT2D eigenvalue weighted by Crippen LogP contribution is -2.36. The predicted octanol–water partition coefficient (Wildman–Crippen LogP) is 16.7. The fourth-order valence-corrected chi connectivity index (χ4v) is 12.3. The maximum atomic E-state index is 2.48. The maximum Gasteiger partial charge on any atom is 0.0754 e. The monoisotopic (exact) mass is 841 g/mol. The molecule has 0 aromatic heterocycles. The number of hydrogen-bond acceptors (Lipinski definition) is 1. The van der Waals surface area contributed by atoms with Crippen LogP contribution < -0.4 is 4.90 Å². The summed E-state index contributed by atoms with van der Waals surface area (Å²) in [6.45, 7) is 4.75. The molecule has 1 nitrogen and oxygen atoms in total. The molecule has 3 aliphatic rings. The Morgan fingerprint density at radius 2 is 0.818 bits per heavy atom. The van der Waals surface area contributed by atoms with Crippen LogP contribution in [0.25, 0.3) is 44.5 Å². The van der Waals surface area contributed by atoms with Crippen molar-refractivity contribution in [1.29, 1.82) is 0 Å². The predicted molar refractivity (Wildman–Crippen MR) is 274 cm³/mol. The minimum Gasteiger partial charge on any atom is -0.310 e. The molecule has 0 amide bonds. The molecule has 0 unspecified atom stereocenters. The van der Waals surface area contributed by atoms with Crippen LogP contribution >= 0.6 is 0 Å². The number of anilines is 3. The van der Waals surface area contributed by atoms with Gasteiger partial charge in [-0.25, -0.2) is 0 Å². The summed E-state index contributed by atoms with van der Waals surface area (Å²) in [6.07, 6.45) is 0. The van der Waals surface area contributed by atoms with Crippen molar-refractivity contribution in [2.45, 2.75) is 30.6 Å². The van der Waals surface area contributed by atoms with Gasteiger partial charge in [-0.3, -0.25) is 0 Å².